The first-order valence-electron chi connectivity index (χ1n) is 7.12. The molecule has 0 saturated carbocycles. The number of carboxylic acids is 1. The Labute approximate surface area is 125 Å². The molecule has 4 nitrogen and oxygen atoms in total. The number of aliphatic carboxylic acids is 1. The lowest BCUT2D eigenvalue weighted by Gasteiger charge is -2.23. The van der Waals surface area contributed by atoms with Crippen molar-refractivity contribution in [2.45, 2.75) is 40.0 Å². The van der Waals surface area contributed by atoms with Gasteiger partial charge in [0, 0.05) is 16.6 Å². The number of aromatic amines is 1. The molecule has 1 heterocycles. The fraction of sp³-hybridized carbons (Fsp3) is 0.471. The van der Waals surface area contributed by atoms with Crippen LogP contribution < -0.4 is 4.74 Å². The Morgan fingerprint density at radius 1 is 1.38 bits per heavy atom. The monoisotopic (exact) mass is 289 g/mol. The molecular weight excluding hydrogens is 266 g/mol. The van der Waals surface area contributed by atoms with Crippen LogP contribution in [-0.4, -0.2) is 23.2 Å². The highest BCUT2D eigenvalue weighted by Gasteiger charge is 2.30. The van der Waals surface area contributed by atoms with E-state index in [9.17, 15) is 9.90 Å². The quantitative estimate of drug-likeness (QED) is 0.891. The molecule has 0 saturated heterocycles. The van der Waals surface area contributed by atoms with Gasteiger partial charge in [-0.3, -0.25) is 4.79 Å². The second-order valence-electron chi connectivity index (χ2n) is 6.73. The summed E-state index contributed by atoms with van der Waals surface area (Å²) >= 11 is 0. The SMILES string of the molecule is COc1ccc2[nH]c(C)c(C(CC(C)(C)C)C(=O)O)c2c1. The molecule has 0 amide bonds. The minimum atomic E-state index is -0.781. The van der Waals surface area contributed by atoms with Gasteiger partial charge in [-0.15, -0.1) is 0 Å². The van der Waals surface area contributed by atoms with Crippen molar-refractivity contribution < 1.29 is 14.6 Å². The van der Waals surface area contributed by atoms with E-state index < -0.39 is 11.9 Å². The van der Waals surface area contributed by atoms with Crippen molar-refractivity contribution in [1.29, 1.82) is 0 Å². The third-order valence-electron chi connectivity index (χ3n) is 3.71. The third-order valence-corrected chi connectivity index (χ3v) is 3.71. The van der Waals surface area contributed by atoms with Crippen LogP contribution >= 0.6 is 0 Å². The molecule has 0 radical (unpaired) electrons. The molecule has 1 aromatic heterocycles. The van der Waals surface area contributed by atoms with Crippen molar-refractivity contribution in [3.05, 3.63) is 29.5 Å². The maximum absolute atomic E-state index is 11.8. The van der Waals surface area contributed by atoms with Gasteiger partial charge >= 0.3 is 5.97 Å². The Morgan fingerprint density at radius 3 is 2.57 bits per heavy atom. The first-order chi connectivity index (χ1) is 9.73. The number of fused-ring (bicyclic) bond motifs is 1. The number of aromatic nitrogens is 1. The summed E-state index contributed by atoms with van der Waals surface area (Å²) in [6, 6.07) is 5.72. The van der Waals surface area contributed by atoms with Crippen molar-refractivity contribution in [2.24, 2.45) is 5.41 Å². The van der Waals surface area contributed by atoms with Gasteiger partial charge in [-0.05, 0) is 42.5 Å². The number of carbonyl (C=O) groups is 1. The zero-order valence-corrected chi connectivity index (χ0v) is 13.3. The summed E-state index contributed by atoms with van der Waals surface area (Å²) in [6.07, 6.45) is 0.591. The first-order valence-corrected chi connectivity index (χ1v) is 7.12. The van der Waals surface area contributed by atoms with E-state index in [0.29, 0.717) is 6.42 Å². The second kappa shape index (κ2) is 5.43. The molecule has 0 aliphatic carbocycles. The Bertz CT molecular complexity index is 664. The first kappa shape index (κ1) is 15.4. The molecule has 0 aliphatic rings. The van der Waals surface area contributed by atoms with Gasteiger partial charge < -0.3 is 14.8 Å². The molecule has 1 atom stereocenters. The van der Waals surface area contributed by atoms with Gasteiger partial charge in [-0.25, -0.2) is 0 Å². The molecule has 1 aromatic carbocycles. The van der Waals surface area contributed by atoms with E-state index in [1.165, 1.54) is 0 Å². The van der Waals surface area contributed by atoms with Crippen LogP contribution in [0, 0.1) is 12.3 Å². The van der Waals surface area contributed by atoms with Crippen LogP contribution in [0.3, 0.4) is 0 Å². The molecule has 0 fully saturated rings. The van der Waals surface area contributed by atoms with E-state index in [1.54, 1.807) is 7.11 Å². The lowest BCUT2D eigenvalue weighted by Crippen LogP contribution is -2.19. The minimum absolute atomic E-state index is 0.0576. The Hall–Kier alpha value is -1.97. The number of nitrogens with one attached hydrogen (secondary N) is 1. The summed E-state index contributed by atoms with van der Waals surface area (Å²) < 4.78 is 5.27. The standard InChI is InChI=1S/C17H23NO3/c1-10-15(13(16(19)20)9-17(2,3)4)12-8-11(21-5)6-7-14(12)18-10/h6-8,13,18H,9H2,1-5H3,(H,19,20). The lowest BCUT2D eigenvalue weighted by atomic mass is 9.80. The fourth-order valence-electron chi connectivity index (χ4n) is 2.83. The highest BCUT2D eigenvalue weighted by Crippen LogP contribution is 2.38. The zero-order chi connectivity index (χ0) is 15.8. The summed E-state index contributed by atoms with van der Waals surface area (Å²) in [4.78, 5) is 15.1. The van der Waals surface area contributed by atoms with Crippen LogP contribution in [0.15, 0.2) is 18.2 Å². The van der Waals surface area contributed by atoms with Crippen LogP contribution in [0.1, 0.15) is 44.4 Å². The Morgan fingerprint density at radius 2 is 2.05 bits per heavy atom. The molecule has 2 rings (SSSR count). The maximum atomic E-state index is 11.8. The molecule has 0 bridgehead atoms. The van der Waals surface area contributed by atoms with Crippen LogP contribution in [0.4, 0.5) is 0 Å². The van der Waals surface area contributed by atoms with E-state index in [0.717, 1.165) is 27.9 Å². The smallest absolute Gasteiger partial charge is 0.311 e. The largest absolute Gasteiger partial charge is 0.497 e. The molecule has 2 aromatic rings. The summed E-state index contributed by atoms with van der Waals surface area (Å²) in [6.45, 7) is 8.12. The molecule has 114 valence electrons. The molecular formula is C17H23NO3. The number of carboxylic acid groups (broad SMARTS) is 1. The normalized spacial score (nSPS) is 13.4. The molecule has 21 heavy (non-hydrogen) atoms. The van der Waals surface area contributed by atoms with Crippen molar-refractivity contribution in [2.75, 3.05) is 7.11 Å². The average molecular weight is 289 g/mol. The van der Waals surface area contributed by atoms with Crippen LogP contribution in [0.25, 0.3) is 10.9 Å². The van der Waals surface area contributed by atoms with Crippen LogP contribution in [0.2, 0.25) is 0 Å². The number of benzene rings is 1. The molecule has 4 heteroatoms. The van der Waals surface area contributed by atoms with Crippen LogP contribution in [-0.2, 0) is 4.79 Å². The van der Waals surface area contributed by atoms with Gasteiger partial charge in [-0.1, -0.05) is 20.8 Å². The van der Waals surface area contributed by atoms with E-state index in [4.69, 9.17) is 4.74 Å². The van der Waals surface area contributed by atoms with E-state index >= 15 is 0 Å². The number of rotatable bonds is 4. The highest BCUT2D eigenvalue weighted by atomic mass is 16.5. The predicted octanol–water partition coefficient (Wildman–Crippen LogP) is 4.09. The second-order valence-corrected chi connectivity index (χ2v) is 6.73. The highest BCUT2D eigenvalue weighted by molar-refractivity contribution is 5.91. The van der Waals surface area contributed by atoms with Crippen LogP contribution in [0.5, 0.6) is 5.75 Å². The number of ether oxygens (including phenoxy) is 1. The zero-order valence-electron chi connectivity index (χ0n) is 13.3. The number of aryl methyl sites for hydroxylation is 1. The summed E-state index contributed by atoms with van der Waals surface area (Å²) in [5, 5.41) is 10.6. The number of hydrogen-bond acceptors (Lipinski definition) is 2. The van der Waals surface area contributed by atoms with Crippen molar-refractivity contribution in [3.63, 3.8) is 0 Å². The molecule has 0 aliphatic heterocycles. The molecule has 2 N–H and O–H groups in total. The van der Waals surface area contributed by atoms with Gasteiger partial charge in [0.25, 0.3) is 0 Å². The maximum Gasteiger partial charge on any atom is 0.311 e. The number of H-pyrrole nitrogens is 1. The van der Waals surface area contributed by atoms with Crippen molar-refractivity contribution >= 4 is 16.9 Å². The summed E-state index contributed by atoms with van der Waals surface area (Å²) in [7, 11) is 1.62. The van der Waals surface area contributed by atoms with Gasteiger partial charge in [0.05, 0.1) is 13.0 Å². The topological polar surface area (TPSA) is 62.3 Å². The van der Waals surface area contributed by atoms with Crippen molar-refractivity contribution in [3.8, 4) is 5.75 Å². The minimum Gasteiger partial charge on any atom is -0.497 e. The fourth-order valence-corrected chi connectivity index (χ4v) is 2.83. The van der Waals surface area contributed by atoms with E-state index in [1.807, 2.05) is 25.1 Å². The number of hydrogen-bond donors (Lipinski definition) is 2. The summed E-state index contributed by atoms with van der Waals surface area (Å²) in [5.74, 6) is -0.565. The Balaban J connectivity index is 2.61. The van der Waals surface area contributed by atoms with Gasteiger partial charge in [0.1, 0.15) is 5.75 Å². The summed E-state index contributed by atoms with van der Waals surface area (Å²) in [5.41, 5.74) is 2.67. The average Bonchev–Trinajstić information content (AvgIpc) is 2.69. The molecule has 0 spiro atoms. The van der Waals surface area contributed by atoms with E-state index in [2.05, 4.69) is 25.8 Å². The van der Waals surface area contributed by atoms with E-state index in [-0.39, 0.29) is 5.41 Å². The third kappa shape index (κ3) is 3.20. The lowest BCUT2D eigenvalue weighted by molar-refractivity contribution is -0.139. The van der Waals surface area contributed by atoms with Gasteiger partial charge in [-0.2, -0.15) is 0 Å². The Kier molecular flexibility index (Phi) is 3.99. The van der Waals surface area contributed by atoms with Crippen molar-refractivity contribution in [1.82, 2.24) is 4.98 Å². The predicted molar refractivity (Wildman–Crippen MR) is 84.0 cm³/mol. The molecule has 1 unspecified atom stereocenters. The van der Waals surface area contributed by atoms with Gasteiger partial charge in [0.15, 0.2) is 0 Å². The number of methoxy groups -OCH3 is 1. The van der Waals surface area contributed by atoms with Gasteiger partial charge in [0.2, 0.25) is 0 Å².